The molecule has 0 amide bonds. The Hall–Kier alpha value is -1.11. The van der Waals surface area contributed by atoms with Gasteiger partial charge in [0.2, 0.25) is 10.0 Å². The average Bonchev–Trinajstić information content (AvgIpc) is 3.20. The highest BCUT2D eigenvalue weighted by Gasteiger charge is 2.27. The summed E-state index contributed by atoms with van der Waals surface area (Å²) in [6, 6.07) is 7.15. The maximum atomic E-state index is 12.0. The molecule has 1 atom stereocenters. The summed E-state index contributed by atoms with van der Waals surface area (Å²) in [6.45, 7) is 2.23. The topological polar surface area (TPSA) is 78.4 Å². The van der Waals surface area contributed by atoms with Crippen molar-refractivity contribution in [3.8, 4) is 0 Å². The fourth-order valence-corrected chi connectivity index (χ4v) is 3.28. The van der Waals surface area contributed by atoms with Crippen LogP contribution >= 0.6 is 0 Å². The van der Waals surface area contributed by atoms with Gasteiger partial charge in [-0.1, -0.05) is 0 Å². The number of aliphatic hydroxyl groups excluding tert-OH is 1. The number of hydrogen-bond donors (Lipinski definition) is 3. The third-order valence-electron chi connectivity index (χ3n) is 3.27. The molecule has 0 aromatic heterocycles. The summed E-state index contributed by atoms with van der Waals surface area (Å²) >= 11 is 0. The van der Waals surface area contributed by atoms with Crippen LogP contribution in [0.4, 0.5) is 5.69 Å². The van der Waals surface area contributed by atoms with Gasteiger partial charge >= 0.3 is 0 Å². The number of aliphatic hydroxyl groups is 1. The van der Waals surface area contributed by atoms with E-state index in [-0.39, 0.29) is 18.7 Å². The van der Waals surface area contributed by atoms with Crippen molar-refractivity contribution in [2.45, 2.75) is 49.6 Å². The molecule has 0 aliphatic heterocycles. The molecule has 1 fully saturated rings. The van der Waals surface area contributed by atoms with Crippen LogP contribution in [0, 0.1) is 0 Å². The molecule has 0 spiro atoms. The van der Waals surface area contributed by atoms with Crippen molar-refractivity contribution in [2.75, 3.05) is 11.9 Å². The molecule has 112 valence electrons. The monoisotopic (exact) mass is 298 g/mol. The van der Waals surface area contributed by atoms with Gasteiger partial charge in [-0.3, -0.25) is 0 Å². The Bertz CT molecular complexity index is 524. The molecule has 0 radical (unpaired) electrons. The standard InChI is InChI=1S/C14H22N2O3S/c1-11(3-2-10-17)15-12-6-8-14(9-7-12)20(18,19)16-13-4-5-13/h6-9,11,13,15-17H,2-5,10H2,1H3. The predicted molar refractivity (Wildman–Crippen MR) is 79.2 cm³/mol. The number of nitrogens with one attached hydrogen (secondary N) is 2. The van der Waals surface area contributed by atoms with Crippen LogP contribution < -0.4 is 10.0 Å². The van der Waals surface area contributed by atoms with Crippen molar-refractivity contribution < 1.29 is 13.5 Å². The minimum atomic E-state index is -3.37. The first-order valence-corrected chi connectivity index (χ1v) is 8.49. The minimum absolute atomic E-state index is 0.122. The summed E-state index contributed by atoms with van der Waals surface area (Å²) in [6.07, 6.45) is 3.49. The van der Waals surface area contributed by atoms with Gasteiger partial charge in [0, 0.05) is 24.4 Å². The summed E-state index contributed by atoms with van der Waals surface area (Å²) in [5, 5.41) is 12.1. The number of hydrogen-bond acceptors (Lipinski definition) is 4. The minimum Gasteiger partial charge on any atom is -0.396 e. The Balaban J connectivity index is 1.95. The van der Waals surface area contributed by atoms with Crippen LogP contribution in [0.15, 0.2) is 29.2 Å². The lowest BCUT2D eigenvalue weighted by Crippen LogP contribution is -2.25. The second-order valence-corrected chi connectivity index (χ2v) is 7.05. The lowest BCUT2D eigenvalue weighted by Gasteiger charge is -2.15. The van der Waals surface area contributed by atoms with E-state index in [2.05, 4.69) is 10.0 Å². The van der Waals surface area contributed by atoms with Crippen molar-refractivity contribution in [2.24, 2.45) is 0 Å². The van der Waals surface area contributed by atoms with E-state index >= 15 is 0 Å². The molecule has 1 saturated carbocycles. The van der Waals surface area contributed by atoms with Crippen LogP contribution in [-0.4, -0.2) is 32.2 Å². The van der Waals surface area contributed by atoms with E-state index in [0.717, 1.165) is 31.4 Å². The molecule has 1 aromatic rings. The van der Waals surface area contributed by atoms with Gasteiger partial charge in [-0.25, -0.2) is 13.1 Å². The normalized spacial score (nSPS) is 16.9. The Morgan fingerprint density at radius 1 is 1.30 bits per heavy atom. The largest absolute Gasteiger partial charge is 0.396 e. The third kappa shape index (κ3) is 4.47. The fraction of sp³-hybridized carbons (Fsp3) is 0.571. The first kappa shape index (κ1) is 15.3. The Morgan fingerprint density at radius 2 is 1.95 bits per heavy atom. The molecule has 1 aromatic carbocycles. The smallest absolute Gasteiger partial charge is 0.240 e. The Labute approximate surface area is 120 Å². The molecule has 6 heteroatoms. The molecule has 0 heterocycles. The summed E-state index contributed by atoms with van der Waals surface area (Å²) in [5.41, 5.74) is 0.890. The Kier molecular flexibility index (Phi) is 5.01. The lowest BCUT2D eigenvalue weighted by molar-refractivity contribution is 0.282. The number of anilines is 1. The summed E-state index contributed by atoms with van der Waals surface area (Å²) in [7, 11) is -3.37. The third-order valence-corrected chi connectivity index (χ3v) is 4.81. The highest BCUT2D eigenvalue weighted by molar-refractivity contribution is 7.89. The summed E-state index contributed by atoms with van der Waals surface area (Å²) < 4.78 is 26.7. The second-order valence-electron chi connectivity index (χ2n) is 5.33. The van der Waals surface area contributed by atoms with Gasteiger partial charge in [0.05, 0.1) is 4.90 Å². The van der Waals surface area contributed by atoms with E-state index in [1.165, 1.54) is 0 Å². The molecule has 20 heavy (non-hydrogen) atoms. The van der Waals surface area contributed by atoms with Gasteiger partial charge in [0.25, 0.3) is 0 Å². The average molecular weight is 298 g/mol. The van der Waals surface area contributed by atoms with Crippen LogP contribution in [0.1, 0.15) is 32.6 Å². The van der Waals surface area contributed by atoms with E-state index < -0.39 is 10.0 Å². The van der Waals surface area contributed by atoms with Crippen molar-refractivity contribution in [3.63, 3.8) is 0 Å². The highest BCUT2D eigenvalue weighted by atomic mass is 32.2. The molecule has 0 saturated heterocycles. The number of rotatable bonds is 8. The molecule has 2 rings (SSSR count). The first-order valence-electron chi connectivity index (χ1n) is 7.01. The zero-order valence-electron chi connectivity index (χ0n) is 11.7. The van der Waals surface area contributed by atoms with Gasteiger partial charge in [-0.15, -0.1) is 0 Å². The van der Waals surface area contributed by atoms with Crippen LogP contribution in [0.2, 0.25) is 0 Å². The van der Waals surface area contributed by atoms with Gasteiger partial charge in [0.15, 0.2) is 0 Å². The van der Waals surface area contributed by atoms with E-state index in [1.54, 1.807) is 24.3 Å². The SMILES string of the molecule is CC(CCCO)Nc1ccc(S(=O)(=O)NC2CC2)cc1. The zero-order valence-corrected chi connectivity index (χ0v) is 12.5. The second kappa shape index (κ2) is 6.56. The number of benzene rings is 1. The molecule has 1 unspecified atom stereocenters. The maximum absolute atomic E-state index is 12.0. The fourth-order valence-electron chi connectivity index (χ4n) is 1.97. The van der Waals surface area contributed by atoms with Crippen molar-refractivity contribution >= 4 is 15.7 Å². The van der Waals surface area contributed by atoms with Gasteiger partial charge in [-0.05, 0) is 56.9 Å². The molecule has 1 aliphatic rings. The summed E-state index contributed by atoms with van der Waals surface area (Å²) in [4.78, 5) is 0.304. The first-order chi connectivity index (χ1) is 9.51. The molecule has 5 nitrogen and oxygen atoms in total. The predicted octanol–water partition coefficient (Wildman–Crippen LogP) is 1.70. The van der Waals surface area contributed by atoms with Crippen molar-refractivity contribution in [1.29, 1.82) is 0 Å². The van der Waals surface area contributed by atoms with Crippen molar-refractivity contribution in [3.05, 3.63) is 24.3 Å². The van der Waals surface area contributed by atoms with Crippen molar-refractivity contribution in [1.82, 2.24) is 4.72 Å². The molecule has 0 bridgehead atoms. The quantitative estimate of drug-likeness (QED) is 0.682. The van der Waals surface area contributed by atoms with E-state index in [0.29, 0.717) is 4.90 Å². The maximum Gasteiger partial charge on any atom is 0.240 e. The van der Waals surface area contributed by atoms with E-state index in [9.17, 15) is 8.42 Å². The Morgan fingerprint density at radius 3 is 2.50 bits per heavy atom. The van der Waals surface area contributed by atoms with Crippen LogP contribution in [0.3, 0.4) is 0 Å². The van der Waals surface area contributed by atoms with E-state index in [4.69, 9.17) is 5.11 Å². The van der Waals surface area contributed by atoms with Gasteiger partial charge in [0.1, 0.15) is 0 Å². The molecular formula is C14H22N2O3S. The molecule has 1 aliphatic carbocycles. The van der Waals surface area contributed by atoms with Crippen LogP contribution in [0.25, 0.3) is 0 Å². The van der Waals surface area contributed by atoms with E-state index in [1.807, 2.05) is 6.92 Å². The molecule has 3 N–H and O–H groups in total. The number of sulfonamides is 1. The van der Waals surface area contributed by atoms with Crippen LogP contribution in [-0.2, 0) is 10.0 Å². The summed E-state index contributed by atoms with van der Waals surface area (Å²) in [5.74, 6) is 0. The van der Waals surface area contributed by atoms with Gasteiger partial charge in [-0.2, -0.15) is 0 Å². The lowest BCUT2D eigenvalue weighted by atomic mass is 10.2. The zero-order chi connectivity index (χ0) is 14.6. The van der Waals surface area contributed by atoms with Gasteiger partial charge < -0.3 is 10.4 Å². The molecular weight excluding hydrogens is 276 g/mol. The highest BCUT2D eigenvalue weighted by Crippen LogP contribution is 2.23. The van der Waals surface area contributed by atoms with Crippen LogP contribution in [0.5, 0.6) is 0 Å².